The Bertz CT molecular complexity index is 279. The second-order valence-electron chi connectivity index (χ2n) is 3.91. The third kappa shape index (κ3) is 4.41. The first-order valence-electron chi connectivity index (χ1n) is 4.77. The zero-order valence-corrected chi connectivity index (χ0v) is 11.3. The highest BCUT2D eigenvalue weighted by molar-refractivity contribution is 14.1. The summed E-state index contributed by atoms with van der Waals surface area (Å²) in [6.45, 7) is 4.06. The normalized spacial score (nSPS) is 27.5. The lowest BCUT2D eigenvalue weighted by atomic mass is 10.0. The van der Waals surface area contributed by atoms with E-state index >= 15 is 0 Å². The maximum atomic E-state index is 10.9. The van der Waals surface area contributed by atoms with E-state index in [9.17, 15) is 8.42 Å². The van der Waals surface area contributed by atoms with Crippen molar-refractivity contribution in [2.24, 2.45) is 11.1 Å². The fraction of sp³-hybridized carbons (Fsp3) is 1.00. The molecule has 0 bridgehead atoms. The van der Waals surface area contributed by atoms with Crippen LogP contribution in [0.2, 0.25) is 0 Å². The Morgan fingerprint density at radius 3 is 2.79 bits per heavy atom. The van der Waals surface area contributed by atoms with E-state index in [1.165, 1.54) is 0 Å². The SMILES string of the molecule is CC(I)N1CCCC(CS(N)(=O)=O)C1. The van der Waals surface area contributed by atoms with Gasteiger partial charge in [0.25, 0.3) is 0 Å². The van der Waals surface area contributed by atoms with E-state index in [1.807, 2.05) is 0 Å². The average molecular weight is 332 g/mol. The zero-order valence-electron chi connectivity index (χ0n) is 8.32. The molecular formula is C8H17IN2O2S. The van der Waals surface area contributed by atoms with Crippen molar-refractivity contribution in [3.8, 4) is 0 Å². The fourth-order valence-electron chi connectivity index (χ4n) is 1.88. The Hall–Kier alpha value is 0.600. The van der Waals surface area contributed by atoms with Crippen molar-refractivity contribution in [2.75, 3.05) is 18.8 Å². The molecule has 0 radical (unpaired) electrons. The monoisotopic (exact) mass is 332 g/mol. The quantitative estimate of drug-likeness (QED) is 0.472. The number of hydrogen-bond acceptors (Lipinski definition) is 3. The van der Waals surface area contributed by atoms with E-state index in [2.05, 4.69) is 34.4 Å². The van der Waals surface area contributed by atoms with Crippen molar-refractivity contribution in [1.82, 2.24) is 4.90 Å². The van der Waals surface area contributed by atoms with Gasteiger partial charge >= 0.3 is 0 Å². The highest BCUT2D eigenvalue weighted by Gasteiger charge is 2.24. The Morgan fingerprint density at radius 1 is 1.64 bits per heavy atom. The second kappa shape index (κ2) is 5.09. The molecule has 0 aromatic rings. The van der Waals surface area contributed by atoms with Gasteiger partial charge in [0.2, 0.25) is 10.0 Å². The number of piperidine rings is 1. The van der Waals surface area contributed by atoms with Gasteiger partial charge in [-0.25, -0.2) is 13.6 Å². The summed E-state index contributed by atoms with van der Waals surface area (Å²) >= 11 is 2.35. The van der Waals surface area contributed by atoms with Gasteiger partial charge < -0.3 is 0 Å². The van der Waals surface area contributed by atoms with Gasteiger partial charge in [-0.3, -0.25) is 4.90 Å². The summed E-state index contributed by atoms with van der Waals surface area (Å²) < 4.78 is 22.3. The van der Waals surface area contributed by atoms with Gasteiger partial charge in [0.05, 0.1) is 9.80 Å². The number of hydrogen-bond donors (Lipinski definition) is 1. The van der Waals surface area contributed by atoms with Crippen LogP contribution in [0.4, 0.5) is 0 Å². The van der Waals surface area contributed by atoms with Crippen molar-refractivity contribution in [2.45, 2.75) is 23.8 Å². The third-order valence-corrected chi connectivity index (χ3v) is 4.25. The average Bonchev–Trinajstić information content (AvgIpc) is 2.01. The van der Waals surface area contributed by atoms with Gasteiger partial charge in [-0.05, 0) is 32.2 Å². The molecule has 1 aliphatic rings. The molecule has 0 amide bonds. The first-order chi connectivity index (χ1) is 6.38. The van der Waals surface area contributed by atoms with E-state index in [-0.39, 0.29) is 11.7 Å². The Balaban J connectivity index is 2.48. The number of sulfonamides is 1. The lowest BCUT2D eigenvalue weighted by molar-refractivity contribution is 0.186. The van der Waals surface area contributed by atoms with Crippen LogP contribution in [0.3, 0.4) is 0 Å². The molecule has 0 aromatic heterocycles. The van der Waals surface area contributed by atoms with Crippen molar-refractivity contribution >= 4 is 32.6 Å². The topological polar surface area (TPSA) is 63.4 Å². The number of alkyl halides is 1. The molecule has 1 aliphatic heterocycles. The van der Waals surface area contributed by atoms with Gasteiger partial charge in [-0.1, -0.05) is 22.6 Å². The summed E-state index contributed by atoms with van der Waals surface area (Å²) in [5.41, 5.74) is 0. The number of nitrogens with zero attached hydrogens (tertiary/aromatic N) is 1. The molecule has 0 aromatic carbocycles. The summed E-state index contributed by atoms with van der Waals surface area (Å²) in [6.07, 6.45) is 2.06. The number of primary sulfonamides is 1. The molecule has 84 valence electrons. The van der Waals surface area contributed by atoms with Gasteiger partial charge in [0.15, 0.2) is 0 Å². The lowest BCUT2D eigenvalue weighted by Crippen LogP contribution is -2.41. The van der Waals surface area contributed by atoms with E-state index in [4.69, 9.17) is 5.14 Å². The van der Waals surface area contributed by atoms with Crippen LogP contribution in [0.5, 0.6) is 0 Å². The zero-order chi connectivity index (χ0) is 10.8. The molecule has 4 nitrogen and oxygen atoms in total. The molecular weight excluding hydrogens is 315 g/mol. The van der Waals surface area contributed by atoms with Crippen molar-refractivity contribution in [3.05, 3.63) is 0 Å². The first-order valence-corrected chi connectivity index (χ1v) is 7.73. The molecule has 0 spiro atoms. The van der Waals surface area contributed by atoms with Crippen molar-refractivity contribution in [3.63, 3.8) is 0 Å². The smallest absolute Gasteiger partial charge is 0.209 e. The van der Waals surface area contributed by atoms with Crippen LogP contribution in [0.25, 0.3) is 0 Å². The third-order valence-electron chi connectivity index (χ3n) is 2.52. The van der Waals surface area contributed by atoms with Crippen LogP contribution in [0, 0.1) is 5.92 Å². The molecule has 0 aliphatic carbocycles. The molecule has 2 atom stereocenters. The molecule has 14 heavy (non-hydrogen) atoms. The summed E-state index contributed by atoms with van der Waals surface area (Å²) in [6, 6.07) is 0. The van der Waals surface area contributed by atoms with Crippen LogP contribution in [-0.2, 0) is 10.0 Å². The number of likely N-dealkylation sites (tertiary alicyclic amines) is 1. The van der Waals surface area contributed by atoms with E-state index in [0.29, 0.717) is 4.05 Å². The fourth-order valence-corrected chi connectivity index (χ4v) is 3.32. The lowest BCUT2D eigenvalue weighted by Gasteiger charge is -2.34. The van der Waals surface area contributed by atoms with Gasteiger partial charge in [-0.2, -0.15) is 0 Å². The summed E-state index contributed by atoms with van der Waals surface area (Å²) in [5.74, 6) is 0.350. The Labute approximate surface area is 99.4 Å². The maximum absolute atomic E-state index is 10.9. The molecule has 0 saturated carbocycles. The van der Waals surface area contributed by atoms with Gasteiger partial charge in [-0.15, -0.1) is 0 Å². The summed E-state index contributed by atoms with van der Waals surface area (Å²) in [4.78, 5) is 2.31. The predicted molar refractivity (Wildman–Crippen MR) is 65.8 cm³/mol. The molecule has 2 N–H and O–H groups in total. The highest BCUT2D eigenvalue weighted by Crippen LogP contribution is 2.21. The minimum absolute atomic E-state index is 0.132. The highest BCUT2D eigenvalue weighted by atomic mass is 127. The Morgan fingerprint density at radius 2 is 2.29 bits per heavy atom. The predicted octanol–water partition coefficient (Wildman–Crippen LogP) is 0.768. The minimum Gasteiger partial charge on any atom is -0.292 e. The molecule has 1 saturated heterocycles. The van der Waals surface area contributed by atoms with Crippen LogP contribution in [0.1, 0.15) is 19.8 Å². The molecule has 6 heteroatoms. The first kappa shape index (κ1) is 12.7. The second-order valence-corrected chi connectivity index (χ2v) is 7.37. The molecule has 1 fully saturated rings. The van der Waals surface area contributed by atoms with Crippen LogP contribution in [-0.4, -0.2) is 36.2 Å². The number of nitrogens with two attached hydrogens (primary N) is 1. The summed E-state index contributed by atoms with van der Waals surface area (Å²) in [7, 11) is -3.30. The number of rotatable bonds is 3. The van der Waals surface area contributed by atoms with E-state index in [0.717, 1.165) is 25.9 Å². The maximum Gasteiger partial charge on any atom is 0.209 e. The van der Waals surface area contributed by atoms with E-state index in [1.54, 1.807) is 0 Å². The Kier molecular flexibility index (Phi) is 4.60. The molecule has 1 rings (SSSR count). The van der Waals surface area contributed by atoms with Crippen LogP contribution < -0.4 is 5.14 Å². The standard InChI is InChI=1S/C8H17IN2O2S/c1-7(9)11-4-2-3-8(5-11)6-14(10,12)13/h7-8H,2-6H2,1H3,(H2,10,12,13). The molecule has 1 heterocycles. The largest absolute Gasteiger partial charge is 0.292 e. The van der Waals surface area contributed by atoms with Crippen molar-refractivity contribution < 1.29 is 8.42 Å². The van der Waals surface area contributed by atoms with Crippen LogP contribution in [0.15, 0.2) is 0 Å². The number of halogens is 1. The van der Waals surface area contributed by atoms with Crippen LogP contribution >= 0.6 is 22.6 Å². The summed E-state index contributed by atoms with van der Waals surface area (Å²) in [5, 5.41) is 5.04. The van der Waals surface area contributed by atoms with Gasteiger partial charge in [0, 0.05) is 6.54 Å². The minimum atomic E-state index is -3.30. The molecule has 2 unspecified atom stereocenters. The van der Waals surface area contributed by atoms with Gasteiger partial charge in [0.1, 0.15) is 0 Å². The van der Waals surface area contributed by atoms with Crippen molar-refractivity contribution in [1.29, 1.82) is 0 Å². The van der Waals surface area contributed by atoms with E-state index < -0.39 is 10.0 Å².